The van der Waals surface area contributed by atoms with Gasteiger partial charge in [0.2, 0.25) is 0 Å². The van der Waals surface area contributed by atoms with Crippen molar-refractivity contribution in [3.8, 4) is 0 Å². The van der Waals surface area contributed by atoms with Gasteiger partial charge in [-0.2, -0.15) is 0 Å². The second-order valence-electron chi connectivity index (χ2n) is 5.04. The lowest BCUT2D eigenvalue weighted by molar-refractivity contribution is -0.142. The highest BCUT2D eigenvalue weighted by molar-refractivity contribution is 5.89. The first kappa shape index (κ1) is 16.5. The van der Waals surface area contributed by atoms with Gasteiger partial charge in [-0.1, -0.05) is 35.9 Å². The molecule has 6 heteroatoms. The summed E-state index contributed by atoms with van der Waals surface area (Å²) in [6, 6.07) is 12.3. The summed E-state index contributed by atoms with van der Waals surface area (Å²) in [5.41, 5.74) is 1.84. The summed E-state index contributed by atoms with van der Waals surface area (Å²) >= 11 is 0. The number of urea groups is 1. The molecule has 0 aliphatic heterocycles. The van der Waals surface area contributed by atoms with Gasteiger partial charge in [-0.05, 0) is 24.6 Å². The van der Waals surface area contributed by atoms with Crippen LogP contribution in [0, 0.1) is 6.92 Å². The van der Waals surface area contributed by atoms with Crippen molar-refractivity contribution in [2.24, 2.45) is 0 Å². The summed E-state index contributed by atoms with van der Waals surface area (Å²) in [6.07, 6.45) is 1.58. The zero-order valence-corrected chi connectivity index (χ0v) is 13.1. The van der Waals surface area contributed by atoms with Crippen molar-refractivity contribution in [1.82, 2.24) is 10.3 Å². The van der Waals surface area contributed by atoms with Gasteiger partial charge < -0.3 is 10.1 Å². The first-order chi connectivity index (χ1) is 11.1. The topological polar surface area (TPSA) is 80.3 Å². The fourth-order valence-corrected chi connectivity index (χ4v) is 2.16. The standard InChI is InChI=1S/C17H19N3O3/c1-12-6-5-7-13(10-12)14(16(21)23-2)11-19-17(22)20-15-8-3-4-9-18-15/h3-10,14H,11H2,1-2H3,(H2,18,19,20,22)/t14-/m0/s1. The predicted molar refractivity (Wildman–Crippen MR) is 87.2 cm³/mol. The number of nitrogens with zero attached hydrogens (tertiary/aromatic N) is 1. The number of rotatable bonds is 5. The molecule has 0 bridgehead atoms. The Balaban J connectivity index is 2.01. The Kier molecular flexibility index (Phi) is 5.68. The van der Waals surface area contributed by atoms with Crippen molar-refractivity contribution in [1.29, 1.82) is 0 Å². The molecule has 0 unspecified atom stereocenters. The number of anilines is 1. The maximum atomic E-state index is 12.0. The number of hydrogen-bond donors (Lipinski definition) is 2. The molecule has 1 aromatic heterocycles. The average Bonchev–Trinajstić information content (AvgIpc) is 2.55. The third-order valence-electron chi connectivity index (χ3n) is 3.30. The van der Waals surface area contributed by atoms with Crippen molar-refractivity contribution >= 4 is 17.8 Å². The Morgan fingerprint density at radius 2 is 2.04 bits per heavy atom. The largest absolute Gasteiger partial charge is 0.468 e. The lowest BCUT2D eigenvalue weighted by Crippen LogP contribution is -2.35. The summed E-state index contributed by atoms with van der Waals surface area (Å²) < 4.78 is 4.83. The third kappa shape index (κ3) is 4.81. The number of nitrogens with one attached hydrogen (secondary N) is 2. The molecule has 0 fully saturated rings. The first-order valence-electron chi connectivity index (χ1n) is 7.20. The van der Waals surface area contributed by atoms with Crippen LogP contribution in [-0.4, -0.2) is 30.6 Å². The Labute approximate surface area is 134 Å². The summed E-state index contributed by atoms with van der Waals surface area (Å²) in [5.74, 6) is -0.515. The van der Waals surface area contributed by atoms with Gasteiger partial charge >= 0.3 is 12.0 Å². The van der Waals surface area contributed by atoms with E-state index in [2.05, 4.69) is 15.6 Å². The first-order valence-corrected chi connectivity index (χ1v) is 7.20. The van der Waals surface area contributed by atoms with Crippen LogP contribution < -0.4 is 10.6 Å². The van der Waals surface area contributed by atoms with Gasteiger partial charge in [0.05, 0.1) is 13.0 Å². The van der Waals surface area contributed by atoms with Crippen LogP contribution in [0.1, 0.15) is 17.0 Å². The highest BCUT2D eigenvalue weighted by Gasteiger charge is 2.22. The molecule has 0 radical (unpaired) electrons. The normalized spacial score (nSPS) is 11.4. The molecule has 0 aliphatic rings. The Morgan fingerprint density at radius 1 is 1.22 bits per heavy atom. The molecule has 2 aromatic rings. The summed E-state index contributed by atoms with van der Waals surface area (Å²) in [4.78, 5) is 27.9. The number of esters is 1. The Bertz CT molecular complexity index is 674. The maximum absolute atomic E-state index is 12.0. The lowest BCUT2D eigenvalue weighted by atomic mass is 9.97. The van der Waals surface area contributed by atoms with Gasteiger partial charge in [-0.3, -0.25) is 10.1 Å². The van der Waals surface area contributed by atoms with E-state index in [1.165, 1.54) is 7.11 Å². The molecule has 2 amide bonds. The molecular formula is C17H19N3O3. The zero-order valence-electron chi connectivity index (χ0n) is 13.1. The number of aryl methyl sites for hydroxylation is 1. The van der Waals surface area contributed by atoms with E-state index in [4.69, 9.17) is 4.74 Å². The molecule has 23 heavy (non-hydrogen) atoms. The average molecular weight is 313 g/mol. The molecule has 0 aliphatic carbocycles. The SMILES string of the molecule is COC(=O)[C@@H](CNC(=O)Nc1ccccn1)c1cccc(C)c1. The fraction of sp³-hybridized carbons (Fsp3) is 0.235. The number of amides is 2. The second kappa shape index (κ2) is 7.93. The van der Waals surface area contributed by atoms with Crippen molar-refractivity contribution in [3.05, 3.63) is 59.8 Å². The highest BCUT2D eigenvalue weighted by Crippen LogP contribution is 2.18. The van der Waals surface area contributed by atoms with Crippen molar-refractivity contribution in [3.63, 3.8) is 0 Å². The van der Waals surface area contributed by atoms with Crippen molar-refractivity contribution in [2.45, 2.75) is 12.8 Å². The number of methoxy groups -OCH3 is 1. The smallest absolute Gasteiger partial charge is 0.320 e. The molecule has 1 heterocycles. The number of carbonyl (C=O) groups excluding carboxylic acids is 2. The summed E-state index contributed by atoms with van der Waals surface area (Å²) in [6.45, 7) is 2.08. The molecule has 1 atom stereocenters. The van der Waals surface area contributed by atoms with Crippen LogP contribution in [0.2, 0.25) is 0 Å². The molecular weight excluding hydrogens is 294 g/mol. The van der Waals surface area contributed by atoms with Gasteiger partial charge in [0.15, 0.2) is 0 Å². The molecule has 1 aromatic carbocycles. The van der Waals surface area contributed by atoms with E-state index >= 15 is 0 Å². The number of ether oxygens (including phenoxy) is 1. The summed E-state index contributed by atoms with van der Waals surface area (Å²) in [7, 11) is 1.33. The van der Waals surface area contributed by atoms with Crippen LogP contribution in [0.3, 0.4) is 0 Å². The fourth-order valence-electron chi connectivity index (χ4n) is 2.16. The number of hydrogen-bond acceptors (Lipinski definition) is 4. The van der Waals surface area contributed by atoms with Crippen LogP contribution in [-0.2, 0) is 9.53 Å². The van der Waals surface area contributed by atoms with E-state index in [0.717, 1.165) is 11.1 Å². The Morgan fingerprint density at radius 3 is 2.70 bits per heavy atom. The monoisotopic (exact) mass is 313 g/mol. The van der Waals surface area contributed by atoms with Crippen molar-refractivity contribution < 1.29 is 14.3 Å². The minimum Gasteiger partial charge on any atom is -0.468 e. The van der Waals surface area contributed by atoms with Crippen molar-refractivity contribution in [2.75, 3.05) is 19.0 Å². The van der Waals surface area contributed by atoms with Gasteiger partial charge in [0.1, 0.15) is 5.82 Å². The maximum Gasteiger partial charge on any atom is 0.320 e. The van der Waals surface area contributed by atoms with Gasteiger partial charge in [0, 0.05) is 12.7 Å². The molecule has 2 N–H and O–H groups in total. The second-order valence-corrected chi connectivity index (χ2v) is 5.04. The number of carbonyl (C=O) groups is 2. The number of benzene rings is 1. The van der Waals surface area contributed by atoms with Gasteiger partial charge in [-0.15, -0.1) is 0 Å². The van der Waals surface area contributed by atoms with E-state index in [-0.39, 0.29) is 6.54 Å². The Hall–Kier alpha value is -2.89. The molecule has 6 nitrogen and oxygen atoms in total. The van der Waals surface area contributed by atoms with Crippen LogP contribution in [0.25, 0.3) is 0 Å². The van der Waals surface area contributed by atoms with Crippen LogP contribution in [0.15, 0.2) is 48.7 Å². The number of aromatic nitrogens is 1. The lowest BCUT2D eigenvalue weighted by Gasteiger charge is -2.16. The molecule has 0 saturated heterocycles. The van der Waals surface area contributed by atoms with Crippen LogP contribution >= 0.6 is 0 Å². The minimum atomic E-state index is -0.561. The van der Waals surface area contributed by atoms with E-state index in [0.29, 0.717) is 5.82 Å². The minimum absolute atomic E-state index is 0.134. The third-order valence-corrected chi connectivity index (χ3v) is 3.30. The highest BCUT2D eigenvalue weighted by atomic mass is 16.5. The van der Waals surface area contributed by atoms with Crippen LogP contribution in [0.5, 0.6) is 0 Å². The number of pyridine rings is 1. The summed E-state index contributed by atoms with van der Waals surface area (Å²) in [5, 5.41) is 5.28. The van der Waals surface area contributed by atoms with E-state index in [1.807, 2.05) is 31.2 Å². The molecule has 2 rings (SSSR count). The van der Waals surface area contributed by atoms with Crippen LogP contribution in [0.4, 0.5) is 10.6 Å². The van der Waals surface area contributed by atoms with Gasteiger partial charge in [0.25, 0.3) is 0 Å². The van der Waals surface area contributed by atoms with E-state index < -0.39 is 17.9 Å². The molecule has 120 valence electrons. The zero-order chi connectivity index (χ0) is 16.7. The van der Waals surface area contributed by atoms with E-state index in [1.54, 1.807) is 24.4 Å². The predicted octanol–water partition coefficient (Wildman–Crippen LogP) is 2.47. The molecule has 0 saturated carbocycles. The molecule has 0 spiro atoms. The van der Waals surface area contributed by atoms with E-state index in [9.17, 15) is 9.59 Å². The quantitative estimate of drug-likeness (QED) is 0.831. The van der Waals surface area contributed by atoms with Gasteiger partial charge in [-0.25, -0.2) is 9.78 Å².